The lowest BCUT2D eigenvalue weighted by Crippen LogP contribution is -2.41. The largest absolute Gasteiger partial charge is 0.872 e. The lowest BCUT2D eigenvalue weighted by molar-refractivity contribution is -0.309. The Morgan fingerprint density at radius 1 is 0.739 bits per heavy atom. The summed E-state index contributed by atoms with van der Waals surface area (Å²) in [6.45, 7) is 2.80. The average molecular weight is 632 g/mol. The number of carbonyl (C=O) groups is 2. The topological polar surface area (TPSA) is 251 Å². The molecule has 0 radical (unpaired) electrons. The van der Waals surface area contributed by atoms with E-state index in [9.17, 15) is 59.4 Å². The quantitative estimate of drug-likeness (QED) is 0.202. The Labute approximate surface area is 256 Å². The number of phenolic OH excluding ortho intramolecular Hbond substituents is 3. The maximum absolute atomic E-state index is 13.8. The van der Waals surface area contributed by atoms with Gasteiger partial charge in [-0.3, -0.25) is 19.2 Å². The third kappa shape index (κ3) is 4.48. The molecule has 0 amide bonds. The Balaban J connectivity index is 1.62. The first-order valence-corrected chi connectivity index (χ1v) is 14.1. The molecule has 4 atom stereocenters. The number of ether oxygens (including phenoxy) is 2. The first-order chi connectivity index (χ1) is 21.6. The van der Waals surface area contributed by atoms with Crippen molar-refractivity contribution in [3.8, 4) is 34.1 Å². The number of aliphatic carboxylic acids is 2. The summed E-state index contributed by atoms with van der Waals surface area (Å²) in [6, 6.07) is 1.48. The van der Waals surface area contributed by atoms with Gasteiger partial charge in [0.2, 0.25) is 0 Å². The first kappa shape index (κ1) is 30.7. The minimum absolute atomic E-state index is 0.0588. The summed E-state index contributed by atoms with van der Waals surface area (Å²) >= 11 is 0. The van der Waals surface area contributed by atoms with Crippen molar-refractivity contribution >= 4 is 22.7 Å². The van der Waals surface area contributed by atoms with Crippen LogP contribution < -0.4 is 37.0 Å². The van der Waals surface area contributed by atoms with Gasteiger partial charge in [-0.25, -0.2) is 0 Å². The van der Waals surface area contributed by atoms with Crippen LogP contribution in [0.4, 0.5) is 0 Å². The van der Waals surface area contributed by atoms with Gasteiger partial charge < -0.3 is 49.7 Å². The van der Waals surface area contributed by atoms with Gasteiger partial charge in [-0.2, -0.15) is 0 Å². The summed E-state index contributed by atoms with van der Waals surface area (Å²) in [7, 11) is 0. The number of phenols is 3. The molecule has 4 aliphatic rings. The predicted octanol–water partition coefficient (Wildman–Crippen LogP) is -1.98. The Bertz CT molecular complexity index is 2300. The van der Waals surface area contributed by atoms with E-state index in [2.05, 4.69) is 0 Å². The molecule has 6 rings (SSSR count). The molecule has 2 aliphatic heterocycles. The maximum atomic E-state index is 13.8. The predicted molar refractivity (Wildman–Crippen MR) is 150 cm³/mol. The van der Waals surface area contributed by atoms with Crippen LogP contribution in [0.5, 0.6) is 23.0 Å². The zero-order valence-electron chi connectivity index (χ0n) is 24.1. The van der Waals surface area contributed by atoms with Crippen LogP contribution in [0.25, 0.3) is 21.9 Å². The highest BCUT2D eigenvalue weighted by atomic mass is 16.5. The number of carbonyl (C=O) groups excluding carboxylic acids is 2. The number of benzene rings is 2. The van der Waals surface area contributed by atoms with Crippen LogP contribution in [0.1, 0.15) is 61.2 Å². The van der Waals surface area contributed by atoms with Crippen LogP contribution in [-0.2, 0) is 31.9 Å². The molecule has 0 aromatic heterocycles. The van der Waals surface area contributed by atoms with Crippen LogP contribution in [0.3, 0.4) is 0 Å². The van der Waals surface area contributed by atoms with Gasteiger partial charge in [-0.05, 0) is 38.0 Å². The van der Waals surface area contributed by atoms with E-state index >= 15 is 0 Å². The van der Waals surface area contributed by atoms with E-state index in [4.69, 9.17) is 9.47 Å². The second kappa shape index (κ2) is 10.6. The van der Waals surface area contributed by atoms with Gasteiger partial charge in [-0.1, -0.05) is 5.75 Å². The summed E-state index contributed by atoms with van der Waals surface area (Å²) in [5.74, 6) is -6.15. The molecule has 0 bridgehead atoms. The minimum Gasteiger partial charge on any atom is -0.872 e. The second-order valence-electron chi connectivity index (χ2n) is 11.5. The second-order valence-corrected chi connectivity index (χ2v) is 11.5. The van der Waals surface area contributed by atoms with E-state index in [1.54, 1.807) is 0 Å². The van der Waals surface area contributed by atoms with Crippen molar-refractivity contribution < 1.29 is 49.7 Å². The Hall–Kier alpha value is -5.34. The summed E-state index contributed by atoms with van der Waals surface area (Å²) in [4.78, 5) is 76.5. The maximum Gasteiger partial charge on any atom is 0.198 e. The van der Waals surface area contributed by atoms with Crippen LogP contribution >= 0.6 is 0 Å². The summed E-state index contributed by atoms with van der Waals surface area (Å²) in [5.41, 5.74) is -5.88. The number of aromatic hydroxyl groups is 3. The molecule has 2 aliphatic carbocycles. The lowest BCUT2D eigenvalue weighted by atomic mass is 9.86. The normalized spacial score (nSPS) is 20.8. The molecule has 2 aromatic carbocycles. The number of fused-ring (bicyclic) bond motifs is 3. The molecule has 14 heteroatoms. The molecule has 3 N–H and O–H groups in total. The number of hydrogen-bond donors (Lipinski definition) is 3. The molecule has 0 saturated carbocycles. The van der Waals surface area contributed by atoms with Gasteiger partial charge >= 0.3 is 0 Å². The lowest BCUT2D eigenvalue weighted by Gasteiger charge is -2.35. The molecular weight excluding hydrogens is 608 g/mol. The molecule has 2 heterocycles. The van der Waals surface area contributed by atoms with Crippen LogP contribution in [0, 0.1) is 10.4 Å². The van der Waals surface area contributed by atoms with Crippen molar-refractivity contribution in [3.63, 3.8) is 0 Å². The van der Waals surface area contributed by atoms with Gasteiger partial charge in [0.15, 0.2) is 21.7 Å². The molecule has 14 nitrogen and oxygen atoms in total. The summed E-state index contributed by atoms with van der Waals surface area (Å²) in [6.07, 6.45) is -5.86. The van der Waals surface area contributed by atoms with E-state index in [1.165, 1.54) is 13.8 Å². The van der Waals surface area contributed by atoms with Crippen molar-refractivity contribution in [2.75, 3.05) is 0 Å². The zero-order valence-corrected chi connectivity index (χ0v) is 24.1. The van der Waals surface area contributed by atoms with Gasteiger partial charge in [0.05, 0.1) is 40.2 Å². The standard InChI is InChI=1S/C32H26O14/c1-9-21-15(3-11(45-9)5-19(35)36)29(41)23-17(33)7-13(27(39)25(23)31(21)43)14-8-18(34)24-26(28(14)40)32(44)22-10(2)46-12(6-20(37)38)4-16(22)30(24)42/h7-12,33,39,41,43H,3-6H2,1-2H3,(H,35,36)(H,37,38)/p-3/t9-,10-,11+,12+/m1/s1. The fourth-order valence-corrected chi connectivity index (χ4v) is 6.85. The van der Waals surface area contributed by atoms with Crippen LogP contribution in [-0.4, -0.2) is 39.5 Å². The number of hydrogen-bond acceptors (Lipinski definition) is 14. The highest BCUT2D eigenvalue weighted by molar-refractivity contribution is 6.07. The van der Waals surface area contributed by atoms with Crippen molar-refractivity contribution in [1.29, 1.82) is 0 Å². The van der Waals surface area contributed by atoms with Gasteiger partial charge in [0.25, 0.3) is 0 Å². The monoisotopic (exact) mass is 631 g/mol. The highest BCUT2D eigenvalue weighted by Gasteiger charge is 2.34. The van der Waals surface area contributed by atoms with Crippen molar-refractivity contribution in [1.82, 2.24) is 0 Å². The van der Waals surface area contributed by atoms with Gasteiger partial charge in [-0.15, -0.1) is 0 Å². The fourth-order valence-electron chi connectivity index (χ4n) is 6.85. The molecular formula is C32H23O14-3. The third-order valence-corrected chi connectivity index (χ3v) is 8.69. The molecule has 0 unspecified atom stereocenters. The van der Waals surface area contributed by atoms with Crippen molar-refractivity contribution in [2.45, 2.75) is 63.9 Å². The number of rotatable bonds is 5. The summed E-state index contributed by atoms with van der Waals surface area (Å²) < 4.78 is 11.2. The summed E-state index contributed by atoms with van der Waals surface area (Å²) in [5, 5.41) is 66.6. The molecule has 0 saturated heterocycles. The molecule has 0 spiro atoms. The SMILES string of the molecule is C[C@H]1O[C@H](CC(=O)[O-])Cc2c1c(O)c1c(O)c(-c3cc(=O)c4c(=O)c5c(c(=O)c=4c3=O)[C@@H](C)O[C@H](CC(=O)[O-])C5)cc(O)c1c2[O-]. The average Bonchev–Trinajstić information content (AvgIpc) is 2.95. The molecule has 46 heavy (non-hydrogen) atoms. The molecule has 238 valence electrons. The molecule has 0 fully saturated rings. The molecule has 2 aromatic rings. The van der Waals surface area contributed by atoms with Crippen molar-refractivity contribution in [3.05, 3.63) is 85.7 Å². The van der Waals surface area contributed by atoms with Crippen LogP contribution in [0.15, 0.2) is 31.3 Å². The van der Waals surface area contributed by atoms with Gasteiger partial charge in [0, 0.05) is 64.4 Å². The van der Waals surface area contributed by atoms with Gasteiger partial charge in [0.1, 0.15) is 17.2 Å². The fraction of sp³-hybridized carbons (Fsp3) is 0.312. The Kier molecular flexibility index (Phi) is 7.09. The van der Waals surface area contributed by atoms with E-state index in [0.29, 0.717) is 6.07 Å². The third-order valence-electron chi connectivity index (χ3n) is 8.69. The zero-order chi connectivity index (χ0) is 33.5. The highest BCUT2D eigenvalue weighted by Crippen LogP contribution is 2.53. The van der Waals surface area contributed by atoms with E-state index < -0.39 is 126 Å². The Morgan fingerprint density at radius 2 is 1.30 bits per heavy atom. The Morgan fingerprint density at radius 3 is 1.89 bits per heavy atom. The number of carboxylic acid groups (broad SMARTS) is 2. The van der Waals surface area contributed by atoms with Crippen LogP contribution in [0.2, 0.25) is 0 Å². The van der Waals surface area contributed by atoms with E-state index in [1.807, 2.05) is 0 Å². The first-order valence-electron chi connectivity index (χ1n) is 14.1. The smallest absolute Gasteiger partial charge is 0.198 e. The van der Waals surface area contributed by atoms with Crippen molar-refractivity contribution in [2.24, 2.45) is 0 Å². The minimum atomic E-state index is -1.46. The van der Waals surface area contributed by atoms with E-state index in [0.717, 1.165) is 6.07 Å². The number of carboxylic acids is 2. The van der Waals surface area contributed by atoms with E-state index in [-0.39, 0.29) is 35.1 Å².